The SMILES string of the molecule is CCCCN(CC)CCNC(=O)[C@H]1c2cc(OC)c(OC)cc2C(=O)N(C)[C@H]1c1ccc(SC)cc1. The van der Waals surface area contributed by atoms with Crippen molar-refractivity contribution in [2.75, 3.05) is 53.7 Å². The summed E-state index contributed by atoms with van der Waals surface area (Å²) in [6, 6.07) is 11.1. The zero-order chi connectivity index (χ0) is 26.2. The van der Waals surface area contributed by atoms with Crippen LogP contribution in [-0.4, -0.2) is 75.3 Å². The summed E-state index contributed by atoms with van der Waals surface area (Å²) in [5.74, 6) is 0.126. The largest absolute Gasteiger partial charge is 0.493 e. The molecular weight excluding hydrogens is 474 g/mol. The first-order chi connectivity index (χ1) is 17.4. The van der Waals surface area contributed by atoms with E-state index in [2.05, 4.69) is 24.1 Å². The monoisotopic (exact) mass is 513 g/mol. The molecule has 0 fully saturated rings. The van der Waals surface area contributed by atoms with E-state index in [0.29, 0.717) is 29.2 Å². The molecule has 0 aromatic heterocycles. The van der Waals surface area contributed by atoms with Crippen molar-refractivity contribution in [2.45, 2.75) is 43.5 Å². The number of ether oxygens (including phenoxy) is 2. The van der Waals surface area contributed by atoms with Crippen molar-refractivity contribution in [2.24, 2.45) is 0 Å². The fraction of sp³-hybridized carbons (Fsp3) is 0.500. The van der Waals surface area contributed by atoms with Crippen molar-refractivity contribution in [1.29, 1.82) is 0 Å². The predicted molar refractivity (Wildman–Crippen MR) is 145 cm³/mol. The van der Waals surface area contributed by atoms with Crippen LogP contribution in [0, 0.1) is 0 Å². The van der Waals surface area contributed by atoms with E-state index in [9.17, 15) is 9.59 Å². The van der Waals surface area contributed by atoms with Crippen LogP contribution in [0.5, 0.6) is 11.5 Å². The van der Waals surface area contributed by atoms with Crippen LogP contribution in [0.1, 0.15) is 60.1 Å². The number of carbonyl (C=O) groups excluding carboxylic acids is 2. The Morgan fingerprint density at radius 2 is 1.75 bits per heavy atom. The van der Waals surface area contributed by atoms with E-state index in [-0.39, 0.29) is 11.8 Å². The molecule has 0 radical (unpaired) electrons. The fourth-order valence-electron chi connectivity index (χ4n) is 4.81. The molecule has 0 unspecified atom stereocenters. The highest BCUT2D eigenvalue weighted by atomic mass is 32.2. The molecule has 2 aromatic rings. The molecule has 7 nitrogen and oxygen atoms in total. The summed E-state index contributed by atoms with van der Waals surface area (Å²) in [5, 5.41) is 3.16. The molecule has 1 heterocycles. The molecule has 2 atom stereocenters. The minimum absolute atomic E-state index is 0.103. The second-order valence-corrected chi connectivity index (χ2v) is 9.86. The maximum absolute atomic E-state index is 13.8. The van der Waals surface area contributed by atoms with Gasteiger partial charge in [0.05, 0.1) is 26.2 Å². The number of amides is 2. The number of thioether (sulfide) groups is 1. The standard InChI is InChI=1S/C28H39N3O4S/c1-7-9-15-31(8-2)16-14-29-27(32)25-21-17-23(34-4)24(35-5)18-22(21)28(33)30(3)26(25)19-10-12-20(36-6)13-11-19/h10-13,17-18,25-26H,7-9,14-16H2,1-6H3,(H,29,32)/t25-,26-/m0/s1. The van der Waals surface area contributed by atoms with Gasteiger partial charge in [-0.25, -0.2) is 0 Å². The van der Waals surface area contributed by atoms with Gasteiger partial charge in [0.1, 0.15) is 0 Å². The third kappa shape index (κ3) is 5.98. The van der Waals surface area contributed by atoms with Gasteiger partial charge in [-0.15, -0.1) is 11.8 Å². The van der Waals surface area contributed by atoms with Crippen LogP contribution in [0.2, 0.25) is 0 Å². The molecule has 2 aromatic carbocycles. The average molecular weight is 514 g/mol. The highest BCUT2D eigenvalue weighted by molar-refractivity contribution is 7.98. The van der Waals surface area contributed by atoms with E-state index in [0.717, 1.165) is 42.9 Å². The van der Waals surface area contributed by atoms with E-state index in [4.69, 9.17) is 9.47 Å². The molecule has 196 valence electrons. The van der Waals surface area contributed by atoms with Crippen LogP contribution in [0.25, 0.3) is 0 Å². The molecule has 8 heteroatoms. The van der Waals surface area contributed by atoms with Crippen LogP contribution < -0.4 is 14.8 Å². The first-order valence-electron chi connectivity index (χ1n) is 12.6. The number of rotatable bonds is 12. The zero-order valence-electron chi connectivity index (χ0n) is 22.3. The first kappa shape index (κ1) is 27.9. The second-order valence-electron chi connectivity index (χ2n) is 8.99. The van der Waals surface area contributed by atoms with E-state index in [1.165, 1.54) is 0 Å². The number of methoxy groups -OCH3 is 2. The molecular formula is C28H39N3O4S. The maximum atomic E-state index is 13.8. The number of fused-ring (bicyclic) bond motifs is 1. The summed E-state index contributed by atoms with van der Waals surface area (Å²) in [7, 11) is 4.86. The van der Waals surface area contributed by atoms with Gasteiger partial charge in [-0.3, -0.25) is 9.59 Å². The summed E-state index contributed by atoms with van der Waals surface area (Å²) in [6.45, 7) is 7.63. The summed E-state index contributed by atoms with van der Waals surface area (Å²) in [6.07, 6.45) is 4.31. The maximum Gasteiger partial charge on any atom is 0.254 e. The Hall–Kier alpha value is -2.71. The Morgan fingerprint density at radius 3 is 2.33 bits per heavy atom. The van der Waals surface area contributed by atoms with Gasteiger partial charge in [0.15, 0.2) is 11.5 Å². The Balaban J connectivity index is 1.99. The van der Waals surface area contributed by atoms with E-state index >= 15 is 0 Å². The lowest BCUT2D eigenvalue weighted by molar-refractivity contribution is -0.124. The van der Waals surface area contributed by atoms with E-state index < -0.39 is 12.0 Å². The summed E-state index contributed by atoms with van der Waals surface area (Å²) < 4.78 is 11.0. The van der Waals surface area contributed by atoms with Gasteiger partial charge in [0.25, 0.3) is 5.91 Å². The lowest BCUT2D eigenvalue weighted by Gasteiger charge is -2.40. The van der Waals surface area contributed by atoms with Gasteiger partial charge in [-0.2, -0.15) is 0 Å². The smallest absolute Gasteiger partial charge is 0.254 e. The second kappa shape index (κ2) is 13.0. The fourth-order valence-corrected chi connectivity index (χ4v) is 5.21. The molecule has 0 spiro atoms. The number of nitrogens with zero attached hydrogens (tertiary/aromatic N) is 2. The van der Waals surface area contributed by atoms with E-state index in [1.807, 2.05) is 30.5 Å². The van der Waals surface area contributed by atoms with E-state index in [1.54, 1.807) is 50.1 Å². The summed E-state index contributed by atoms with van der Waals surface area (Å²) >= 11 is 1.66. The van der Waals surface area contributed by atoms with Gasteiger partial charge in [-0.05, 0) is 61.2 Å². The third-order valence-electron chi connectivity index (χ3n) is 6.92. The molecule has 1 aliphatic heterocycles. The summed E-state index contributed by atoms with van der Waals surface area (Å²) in [4.78, 5) is 32.5. The van der Waals surface area contributed by atoms with Crippen LogP contribution in [0.4, 0.5) is 0 Å². The van der Waals surface area contributed by atoms with Crippen LogP contribution >= 0.6 is 11.8 Å². The number of carbonyl (C=O) groups is 2. The summed E-state index contributed by atoms with van der Waals surface area (Å²) in [5.41, 5.74) is 2.04. The molecule has 2 amide bonds. The lowest BCUT2D eigenvalue weighted by Crippen LogP contribution is -2.46. The number of hydrogen-bond acceptors (Lipinski definition) is 6. The van der Waals surface area contributed by atoms with Gasteiger partial charge < -0.3 is 24.6 Å². The van der Waals surface area contributed by atoms with Crippen molar-refractivity contribution in [3.05, 3.63) is 53.1 Å². The highest BCUT2D eigenvalue weighted by Crippen LogP contribution is 2.45. The van der Waals surface area contributed by atoms with Crippen molar-refractivity contribution in [1.82, 2.24) is 15.1 Å². The minimum atomic E-state index is -0.589. The molecule has 0 saturated heterocycles. The quantitative estimate of drug-likeness (QED) is 0.419. The van der Waals surface area contributed by atoms with Gasteiger partial charge in [0.2, 0.25) is 5.91 Å². The average Bonchev–Trinajstić information content (AvgIpc) is 2.91. The molecule has 1 aliphatic rings. The Morgan fingerprint density at radius 1 is 1.08 bits per heavy atom. The Bertz CT molecular complexity index is 1040. The Labute approximate surface area is 219 Å². The van der Waals surface area contributed by atoms with Gasteiger partial charge >= 0.3 is 0 Å². The van der Waals surface area contributed by atoms with Crippen molar-refractivity contribution in [3.63, 3.8) is 0 Å². The minimum Gasteiger partial charge on any atom is -0.493 e. The number of benzene rings is 2. The molecule has 0 bridgehead atoms. The Kier molecular flexibility index (Phi) is 10.1. The van der Waals surface area contributed by atoms with Crippen LogP contribution in [0.3, 0.4) is 0 Å². The highest BCUT2D eigenvalue weighted by Gasteiger charge is 2.43. The molecule has 0 aliphatic carbocycles. The predicted octanol–water partition coefficient (Wildman–Crippen LogP) is 4.57. The molecule has 36 heavy (non-hydrogen) atoms. The number of hydrogen-bond donors (Lipinski definition) is 1. The van der Waals surface area contributed by atoms with Gasteiger partial charge in [0, 0.05) is 30.6 Å². The molecule has 1 N–H and O–H groups in total. The normalized spacial score (nSPS) is 17.2. The van der Waals surface area contributed by atoms with Crippen molar-refractivity contribution < 1.29 is 19.1 Å². The van der Waals surface area contributed by atoms with Crippen LogP contribution in [0.15, 0.2) is 41.3 Å². The topological polar surface area (TPSA) is 71.1 Å². The lowest BCUT2D eigenvalue weighted by atomic mass is 9.79. The van der Waals surface area contributed by atoms with Gasteiger partial charge in [-0.1, -0.05) is 32.4 Å². The first-order valence-corrected chi connectivity index (χ1v) is 13.8. The van der Waals surface area contributed by atoms with Crippen molar-refractivity contribution >= 4 is 23.6 Å². The molecule has 3 rings (SSSR count). The third-order valence-corrected chi connectivity index (χ3v) is 7.66. The molecule has 0 saturated carbocycles. The number of likely N-dealkylation sites (N-methyl/N-ethyl adjacent to an activating group) is 2. The number of nitrogens with one attached hydrogen (secondary N) is 1. The number of unbranched alkanes of at least 4 members (excludes halogenated alkanes) is 1. The zero-order valence-corrected chi connectivity index (χ0v) is 23.1. The van der Waals surface area contributed by atoms with Crippen LogP contribution in [-0.2, 0) is 4.79 Å². The van der Waals surface area contributed by atoms with Crippen molar-refractivity contribution in [3.8, 4) is 11.5 Å².